The number of nitrogens with zero attached hydrogens (tertiary/aromatic N) is 1. The number of aliphatic hydroxyl groups is 1. The van der Waals surface area contributed by atoms with Gasteiger partial charge in [-0.25, -0.2) is 0 Å². The van der Waals surface area contributed by atoms with Crippen molar-refractivity contribution in [2.24, 2.45) is 0 Å². The molecule has 0 saturated heterocycles. The Kier molecular flexibility index (Phi) is 4.56. The molecule has 0 spiro atoms. The van der Waals surface area contributed by atoms with Gasteiger partial charge in [0, 0.05) is 12.6 Å². The van der Waals surface area contributed by atoms with E-state index in [-0.39, 0.29) is 11.7 Å². The first-order valence-electron chi connectivity index (χ1n) is 5.91. The molecular weight excluding hydrogens is 190 g/mol. The van der Waals surface area contributed by atoms with Gasteiger partial charge in [-0.3, -0.25) is 0 Å². The highest BCUT2D eigenvalue weighted by Crippen LogP contribution is 2.23. The molecule has 0 aromatic heterocycles. The van der Waals surface area contributed by atoms with Crippen molar-refractivity contribution in [2.45, 2.75) is 57.8 Å². The molecule has 1 fully saturated rings. The highest BCUT2D eigenvalue weighted by atomic mass is 16.5. The van der Waals surface area contributed by atoms with Gasteiger partial charge in [-0.2, -0.15) is 0 Å². The standard InChI is InChI=1S/C12H25NO2/c1-12(2,3)15-9-11(14)8-13(4)10-6-5-7-10/h10-11,14H,5-9H2,1-4H3. The maximum absolute atomic E-state index is 9.78. The molecule has 1 saturated carbocycles. The number of hydrogen-bond acceptors (Lipinski definition) is 3. The van der Waals surface area contributed by atoms with Crippen LogP contribution in [0.1, 0.15) is 40.0 Å². The third-order valence-corrected chi connectivity index (χ3v) is 2.91. The third-order valence-electron chi connectivity index (χ3n) is 2.91. The molecule has 1 aliphatic rings. The van der Waals surface area contributed by atoms with Crippen molar-refractivity contribution in [2.75, 3.05) is 20.2 Å². The van der Waals surface area contributed by atoms with Gasteiger partial charge in [0.2, 0.25) is 0 Å². The molecule has 1 N–H and O–H groups in total. The van der Waals surface area contributed by atoms with Crippen LogP contribution < -0.4 is 0 Å². The molecule has 1 atom stereocenters. The Labute approximate surface area is 93.4 Å². The maximum Gasteiger partial charge on any atom is 0.0900 e. The van der Waals surface area contributed by atoms with Crippen LogP contribution in [0.2, 0.25) is 0 Å². The van der Waals surface area contributed by atoms with Gasteiger partial charge in [-0.15, -0.1) is 0 Å². The molecule has 3 heteroatoms. The smallest absolute Gasteiger partial charge is 0.0900 e. The summed E-state index contributed by atoms with van der Waals surface area (Å²) >= 11 is 0. The zero-order chi connectivity index (χ0) is 11.5. The van der Waals surface area contributed by atoms with Crippen LogP contribution in [0.5, 0.6) is 0 Å². The van der Waals surface area contributed by atoms with Gasteiger partial charge >= 0.3 is 0 Å². The van der Waals surface area contributed by atoms with Crippen molar-refractivity contribution in [1.29, 1.82) is 0 Å². The highest BCUT2D eigenvalue weighted by Gasteiger charge is 2.24. The zero-order valence-corrected chi connectivity index (χ0v) is 10.5. The minimum atomic E-state index is -0.366. The van der Waals surface area contributed by atoms with Gasteiger partial charge in [-0.05, 0) is 40.7 Å². The normalized spacial score (nSPS) is 20.4. The van der Waals surface area contributed by atoms with Gasteiger partial charge in [0.15, 0.2) is 0 Å². The van der Waals surface area contributed by atoms with E-state index in [0.717, 1.165) is 6.54 Å². The maximum atomic E-state index is 9.78. The fourth-order valence-corrected chi connectivity index (χ4v) is 1.71. The molecule has 3 nitrogen and oxygen atoms in total. The van der Waals surface area contributed by atoms with E-state index in [0.29, 0.717) is 12.6 Å². The number of ether oxygens (including phenoxy) is 1. The number of hydrogen-bond donors (Lipinski definition) is 1. The van der Waals surface area contributed by atoms with Crippen molar-refractivity contribution in [3.63, 3.8) is 0 Å². The second-order valence-corrected chi connectivity index (χ2v) is 5.60. The predicted octanol–water partition coefficient (Wildman–Crippen LogP) is 1.65. The molecule has 0 bridgehead atoms. The van der Waals surface area contributed by atoms with Gasteiger partial charge < -0.3 is 14.7 Å². The van der Waals surface area contributed by atoms with Crippen molar-refractivity contribution in [3.8, 4) is 0 Å². The van der Waals surface area contributed by atoms with Gasteiger partial charge in [0.25, 0.3) is 0 Å². The van der Waals surface area contributed by atoms with Crippen LogP contribution >= 0.6 is 0 Å². The Bertz CT molecular complexity index is 185. The van der Waals surface area contributed by atoms with Crippen LogP contribution in [0.3, 0.4) is 0 Å². The SMILES string of the molecule is CN(CC(O)COC(C)(C)C)C1CCC1. The number of likely N-dealkylation sites (N-methyl/N-ethyl adjacent to an activating group) is 1. The lowest BCUT2D eigenvalue weighted by atomic mass is 9.92. The summed E-state index contributed by atoms with van der Waals surface area (Å²) in [6, 6.07) is 0.689. The second kappa shape index (κ2) is 5.28. The molecular formula is C12H25NO2. The van der Waals surface area contributed by atoms with Crippen molar-refractivity contribution >= 4 is 0 Å². The molecule has 1 unspecified atom stereocenters. The summed E-state index contributed by atoms with van der Waals surface area (Å²) in [6.45, 7) is 7.18. The van der Waals surface area contributed by atoms with Crippen LogP contribution in [0.4, 0.5) is 0 Å². The van der Waals surface area contributed by atoms with E-state index in [2.05, 4.69) is 11.9 Å². The van der Waals surface area contributed by atoms with Crippen molar-refractivity contribution < 1.29 is 9.84 Å². The van der Waals surface area contributed by atoms with Crippen LogP contribution in [-0.2, 0) is 4.74 Å². The average Bonchev–Trinajstić information content (AvgIpc) is 1.95. The molecule has 15 heavy (non-hydrogen) atoms. The topological polar surface area (TPSA) is 32.7 Å². The van der Waals surface area contributed by atoms with E-state index in [4.69, 9.17) is 4.74 Å². The van der Waals surface area contributed by atoms with E-state index in [1.54, 1.807) is 0 Å². The molecule has 0 heterocycles. The lowest BCUT2D eigenvalue weighted by molar-refractivity contribution is -0.0590. The van der Waals surface area contributed by atoms with E-state index in [9.17, 15) is 5.11 Å². The highest BCUT2D eigenvalue weighted by molar-refractivity contribution is 4.79. The molecule has 0 amide bonds. The molecule has 90 valence electrons. The zero-order valence-electron chi connectivity index (χ0n) is 10.5. The van der Waals surface area contributed by atoms with Crippen molar-refractivity contribution in [3.05, 3.63) is 0 Å². The minimum Gasteiger partial charge on any atom is -0.389 e. The fraction of sp³-hybridized carbons (Fsp3) is 1.00. The van der Waals surface area contributed by atoms with E-state index >= 15 is 0 Å². The summed E-state index contributed by atoms with van der Waals surface area (Å²) < 4.78 is 5.55. The lowest BCUT2D eigenvalue weighted by Crippen LogP contribution is -2.43. The van der Waals surface area contributed by atoms with E-state index < -0.39 is 0 Å². The fourth-order valence-electron chi connectivity index (χ4n) is 1.71. The Morgan fingerprint density at radius 1 is 1.40 bits per heavy atom. The summed E-state index contributed by atoms with van der Waals surface area (Å²) in [5.74, 6) is 0. The molecule has 1 rings (SSSR count). The average molecular weight is 215 g/mol. The summed E-state index contributed by atoms with van der Waals surface area (Å²) in [7, 11) is 2.09. The van der Waals surface area contributed by atoms with E-state index in [1.807, 2.05) is 20.8 Å². The largest absolute Gasteiger partial charge is 0.389 e. The quantitative estimate of drug-likeness (QED) is 0.757. The van der Waals surface area contributed by atoms with Gasteiger partial charge in [0.1, 0.15) is 0 Å². The second-order valence-electron chi connectivity index (χ2n) is 5.60. The lowest BCUT2D eigenvalue weighted by Gasteiger charge is -2.36. The third kappa shape index (κ3) is 4.96. The first-order chi connectivity index (χ1) is 6.88. The number of aliphatic hydroxyl groups excluding tert-OH is 1. The van der Waals surface area contributed by atoms with Gasteiger partial charge in [-0.1, -0.05) is 6.42 Å². The van der Waals surface area contributed by atoms with Gasteiger partial charge in [0.05, 0.1) is 18.3 Å². The molecule has 0 aromatic rings. The molecule has 0 aliphatic heterocycles. The summed E-state index contributed by atoms with van der Waals surface area (Å²) in [6.07, 6.45) is 3.53. The van der Waals surface area contributed by atoms with Crippen LogP contribution in [0.15, 0.2) is 0 Å². The predicted molar refractivity (Wildman–Crippen MR) is 62.0 cm³/mol. The monoisotopic (exact) mass is 215 g/mol. The van der Waals surface area contributed by atoms with Crippen LogP contribution in [0, 0.1) is 0 Å². The summed E-state index contributed by atoms with van der Waals surface area (Å²) in [5, 5.41) is 9.78. The van der Waals surface area contributed by atoms with Crippen molar-refractivity contribution in [1.82, 2.24) is 4.90 Å². The van der Waals surface area contributed by atoms with Crippen LogP contribution in [0.25, 0.3) is 0 Å². The van der Waals surface area contributed by atoms with E-state index in [1.165, 1.54) is 19.3 Å². The summed E-state index contributed by atoms with van der Waals surface area (Å²) in [4.78, 5) is 2.25. The Morgan fingerprint density at radius 3 is 2.40 bits per heavy atom. The number of rotatable bonds is 5. The Hall–Kier alpha value is -0.120. The molecule has 0 radical (unpaired) electrons. The Balaban J connectivity index is 2.14. The first kappa shape index (κ1) is 12.9. The Morgan fingerprint density at radius 2 is 2.00 bits per heavy atom. The minimum absolute atomic E-state index is 0.157. The molecule has 0 aromatic carbocycles. The molecule has 1 aliphatic carbocycles. The van der Waals surface area contributed by atoms with Crippen LogP contribution in [-0.4, -0.2) is 48.0 Å². The summed E-state index contributed by atoms with van der Waals surface area (Å²) in [5.41, 5.74) is -0.157. The first-order valence-corrected chi connectivity index (χ1v) is 5.91.